The van der Waals surface area contributed by atoms with Gasteiger partial charge in [-0.2, -0.15) is 0 Å². The van der Waals surface area contributed by atoms with E-state index in [0.29, 0.717) is 5.02 Å². The van der Waals surface area contributed by atoms with Gasteiger partial charge in [-0.25, -0.2) is 0 Å². The molecule has 1 nitrogen and oxygen atoms in total. The van der Waals surface area contributed by atoms with E-state index >= 15 is 0 Å². The third-order valence-corrected chi connectivity index (χ3v) is 4.43. The van der Waals surface area contributed by atoms with Crippen molar-refractivity contribution in [3.63, 3.8) is 0 Å². The van der Waals surface area contributed by atoms with Crippen LogP contribution in [0.5, 0.6) is 0 Å². The Hall–Kier alpha value is -1.04. The van der Waals surface area contributed by atoms with Crippen molar-refractivity contribution in [2.24, 2.45) is 0 Å². The maximum absolute atomic E-state index is 12.2. The lowest BCUT2D eigenvalue weighted by Crippen LogP contribution is -2.06. The summed E-state index contributed by atoms with van der Waals surface area (Å²) in [6.07, 6.45) is 0. The molecular formula is C12H10ClOP. The molecule has 0 saturated heterocycles. The molecule has 0 saturated carbocycles. The van der Waals surface area contributed by atoms with Crippen LogP contribution in [0, 0.1) is 0 Å². The molecule has 0 spiro atoms. The molecule has 0 fully saturated rings. The number of halogens is 1. The van der Waals surface area contributed by atoms with E-state index in [1.54, 1.807) is 6.07 Å². The van der Waals surface area contributed by atoms with Gasteiger partial charge in [0.25, 0.3) is 0 Å². The van der Waals surface area contributed by atoms with Gasteiger partial charge in [-0.15, -0.1) is 0 Å². The molecule has 0 amide bonds. The van der Waals surface area contributed by atoms with E-state index in [2.05, 4.69) is 0 Å². The third-order valence-electron chi connectivity index (χ3n) is 2.15. The maximum atomic E-state index is 12.2. The van der Waals surface area contributed by atoms with Crippen LogP contribution in [0.3, 0.4) is 0 Å². The van der Waals surface area contributed by atoms with Crippen molar-refractivity contribution < 1.29 is 4.57 Å². The van der Waals surface area contributed by atoms with Crippen LogP contribution in [0.2, 0.25) is 5.02 Å². The van der Waals surface area contributed by atoms with E-state index in [0.717, 1.165) is 10.6 Å². The SMILES string of the molecule is O=[PH](c1ccccc1)c1ccccc1Cl. The van der Waals surface area contributed by atoms with Gasteiger partial charge in [0.2, 0.25) is 0 Å². The van der Waals surface area contributed by atoms with Crippen molar-refractivity contribution in [3.05, 3.63) is 59.6 Å². The Morgan fingerprint density at radius 3 is 2.13 bits per heavy atom. The molecule has 0 N–H and O–H groups in total. The van der Waals surface area contributed by atoms with Crippen LogP contribution in [0.25, 0.3) is 0 Å². The highest BCUT2D eigenvalue weighted by Crippen LogP contribution is 2.23. The van der Waals surface area contributed by atoms with Crippen molar-refractivity contribution in [3.8, 4) is 0 Å². The molecule has 2 rings (SSSR count). The first-order valence-electron chi connectivity index (χ1n) is 4.63. The molecule has 0 radical (unpaired) electrons. The largest absolute Gasteiger partial charge is 0.317 e. The topological polar surface area (TPSA) is 17.1 Å². The van der Waals surface area contributed by atoms with Crippen molar-refractivity contribution in [2.75, 3.05) is 0 Å². The lowest BCUT2D eigenvalue weighted by atomic mass is 10.4. The minimum Gasteiger partial charge on any atom is -0.317 e. The zero-order valence-electron chi connectivity index (χ0n) is 7.98. The van der Waals surface area contributed by atoms with Crippen molar-refractivity contribution in [1.82, 2.24) is 0 Å². The van der Waals surface area contributed by atoms with E-state index in [4.69, 9.17) is 11.6 Å². The zero-order chi connectivity index (χ0) is 10.7. The van der Waals surface area contributed by atoms with Gasteiger partial charge >= 0.3 is 0 Å². The Balaban J connectivity index is 2.42. The van der Waals surface area contributed by atoms with Crippen LogP contribution >= 0.6 is 19.4 Å². The highest BCUT2D eigenvalue weighted by atomic mass is 35.5. The monoisotopic (exact) mass is 236 g/mol. The van der Waals surface area contributed by atoms with Crippen molar-refractivity contribution >= 4 is 30.0 Å². The summed E-state index contributed by atoms with van der Waals surface area (Å²) in [4.78, 5) is 0. The number of hydrogen-bond donors (Lipinski definition) is 0. The molecule has 0 bridgehead atoms. The average molecular weight is 237 g/mol. The van der Waals surface area contributed by atoms with Crippen LogP contribution in [0.4, 0.5) is 0 Å². The highest BCUT2D eigenvalue weighted by Gasteiger charge is 2.08. The van der Waals surface area contributed by atoms with Gasteiger partial charge in [0.1, 0.15) is 7.80 Å². The molecule has 15 heavy (non-hydrogen) atoms. The fourth-order valence-corrected chi connectivity index (χ4v) is 3.14. The molecule has 2 aromatic carbocycles. The standard InChI is InChI=1S/C12H10ClOP/c13-11-8-4-5-9-12(11)15(14)10-6-2-1-3-7-10/h1-9,15H. The second-order valence-electron chi connectivity index (χ2n) is 3.17. The fourth-order valence-electron chi connectivity index (χ4n) is 1.39. The van der Waals surface area contributed by atoms with Crippen molar-refractivity contribution in [1.29, 1.82) is 0 Å². The predicted octanol–water partition coefficient (Wildman–Crippen LogP) is 2.85. The van der Waals surface area contributed by atoms with Crippen LogP contribution in [0.1, 0.15) is 0 Å². The van der Waals surface area contributed by atoms with Gasteiger partial charge < -0.3 is 4.57 Å². The van der Waals surface area contributed by atoms with Gasteiger partial charge in [0.05, 0.1) is 5.02 Å². The summed E-state index contributed by atoms with van der Waals surface area (Å²) in [5.74, 6) is 0. The zero-order valence-corrected chi connectivity index (χ0v) is 9.74. The van der Waals surface area contributed by atoms with E-state index in [9.17, 15) is 4.57 Å². The minimum atomic E-state index is -1.96. The second-order valence-corrected chi connectivity index (χ2v) is 5.36. The van der Waals surface area contributed by atoms with E-state index in [1.165, 1.54) is 0 Å². The summed E-state index contributed by atoms with van der Waals surface area (Å²) in [6, 6.07) is 16.7. The fraction of sp³-hybridized carbons (Fsp3) is 0. The van der Waals surface area contributed by atoms with Gasteiger partial charge in [-0.3, -0.25) is 0 Å². The molecule has 0 aliphatic heterocycles. The Bertz CT molecular complexity index is 482. The molecule has 0 aliphatic carbocycles. The number of hydrogen-bond acceptors (Lipinski definition) is 1. The number of rotatable bonds is 2. The first kappa shape index (κ1) is 10.5. The molecular weight excluding hydrogens is 227 g/mol. The Morgan fingerprint density at radius 2 is 1.47 bits per heavy atom. The van der Waals surface area contributed by atoms with Gasteiger partial charge in [0.15, 0.2) is 0 Å². The van der Waals surface area contributed by atoms with Crippen LogP contribution in [-0.2, 0) is 4.57 Å². The van der Waals surface area contributed by atoms with E-state index in [1.807, 2.05) is 48.5 Å². The average Bonchev–Trinajstić information content (AvgIpc) is 2.30. The molecule has 1 unspecified atom stereocenters. The summed E-state index contributed by atoms with van der Waals surface area (Å²) in [6.45, 7) is 0. The first-order chi connectivity index (χ1) is 7.29. The quantitative estimate of drug-likeness (QED) is 0.733. The highest BCUT2D eigenvalue weighted by molar-refractivity contribution is 7.61. The normalized spacial score (nSPS) is 12.3. The Kier molecular flexibility index (Phi) is 3.25. The molecule has 3 heteroatoms. The summed E-state index contributed by atoms with van der Waals surface area (Å²) in [5, 5.41) is 2.15. The van der Waals surface area contributed by atoms with E-state index in [-0.39, 0.29) is 0 Å². The maximum Gasteiger partial charge on any atom is 0.133 e. The Morgan fingerprint density at radius 1 is 0.867 bits per heavy atom. The molecule has 0 heterocycles. The molecule has 1 atom stereocenters. The van der Waals surface area contributed by atoms with Crippen LogP contribution in [0.15, 0.2) is 54.6 Å². The van der Waals surface area contributed by atoms with Crippen LogP contribution < -0.4 is 10.6 Å². The van der Waals surface area contributed by atoms with Gasteiger partial charge in [-0.05, 0) is 12.1 Å². The van der Waals surface area contributed by atoms with Crippen molar-refractivity contribution in [2.45, 2.75) is 0 Å². The predicted molar refractivity (Wildman–Crippen MR) is 66.2 cm³/mol. The summed E-state index contributed by atoms with van der Waals surface area (Å²) >= 11 is 5.99. The van der Waals surface area contributed by atoms with Gasteiger partial charge in [-0.1, -0.05) is 54.1 Å². The lowest BCUT2D eigenvalue weighted by Gasteiger charge is -2.04. The Labute approximate surface area is 94.5 Å². The smallest absolute Gasteiger partial charge is 0.133 e. The molecule has 2 aromatic rings. The summed E-state index contributed by atoms with van der Waals surface area (Å²) in [7, 11) is -1.96. The second kappa shape index (κ2) is 4.65. The number of benzene rings is 2. The minimum absolute atomic E-state index is 0.574. The summed E-state index contributed by atoms with van der Waals surface area (Å²) < 4.78 is 12.2. The molecule has 76 valence electrons. The van der Waals surface area contributed by atoms with Crippen LogP contribution in [-0.4, -0.2) is 0 Å². The first-order valence-corrected chi connectivity index (χ1v) is 6.42. The third kappa shape index (κ3) is 2.31. The van der Waals surface area contributed by atoms with E-state index < -0.39 is 7.80 Å². The molecule has 0 aromatic heterocycles. The molecule has 0 aliphatic rings. The summed E-state index contributed by atoms with van der Waals surface area (Å²) in [5.41, 5.74) is 0. The lowest BCUT2D eigenvalue weighted by molar-refractivity contribution is 0.598. The van der Waals surface area contributed by atoms with Gasteiger partial charge in [0, 0.05) is 10.6 Å².